The minimum absolute atomic E-state index is 0. The Morgan fingerprint density at radius 3 is 2.61 bits per heavy atom. The second kappa shape index (κ2) is 14.9. The van der Waals surface area contributed by atoms with Gasteiger partial charge in [0.25, 0.3) is 0 Å². The van der Waals surface area contributed by atoms with E-state index in [1.807, 2.05) is 37.3 Å². The van der Waals surface area contributed by atoms with Gasteiger partial charge in [0, 0.05) is 18.1 Å². The Hall–Kier alpha value is -2.89. The number of halogens is 1. The van der Waals surface area contributed by atoms with Crippen molar-refractivity contribution in [1.29, 1.82) is 0 Å². The van der Waals surface area contributed by atoms with E-state index in [0.29, 0.717) is 11.5 Å². The second-order valence-corrected chi connectivity index (χ2v) is 13.6. The van der Waals surface area contributed by atoms with Crippen LogP contribution >= 0.6 is 47.3 Å². The van der Waals surface area contributed by atoms with E-state index in [9.17, 15) is 19.2 Å². The van der Waals surface area contributed by atoms with E-state index in [1.54, 1.807) is 13.8 Å². The van der Waals surface area contributed by atoms with Crippen molar-refractivity contribution in [3.05, 3.63) is 52.2 Å². The lowest BCUT2D eigenvalue weighted by molar-refractivity contribution is -0.154. The number of nitrogens with one attached hydrogen (secondary N) is 1. The number of benzene rings is 1. The molecule has 44 heavy (non-hydrogen) atoms. The lowest BCUT2D eigenvalue weighted by Gasteiger charge is -2.50. The maximum Gasteiger partial charge on any atom is 0.509 e. The third kappa shape index (κ3) is 7.66. The molecule has 17 heteroatoms. The Morgan fingerprint density at radius 1 is 1.23 bits per heavy atom. The van der Waals surface area contributed by atoms with Gasteiger partial charge in [0.1, 0.15) is 47.0 Å². The van der Waals surface area contributed by atoms with E-state index >= 15 is 0 Å². The van der Waals surface area contributed by atoms with Gasteiger partial charge in [-0.25, -0.2) is 9.59 Å². The summed E-state index contributed by atoms with van der Waals surface area (Å²) in [5.74, 6) is -0.682. The number of rotatable bonds is 12. The third-order valence-electron chi connectivity index (χ3n) is 6.87. The maximum absolute atomic E-state index is 13.5. The summed E-state index contributed by atoms with van der Waals surface area (Å²) in [5.41, 5.74) is 7.36. The van der Waals surface area contributed by atoms with Gasteiger partial charge in [0.15, 0.2) is 10.4 Å². The lowest BCUT2D eigenvalue weighted by atomic mass is 10.0. The Bertz CT molecular complexity index is 1410. The van der Waals surface area contributed by atoms with Gasteiger partial charge in [-0.05, 0) is 31.9 Å². The number of carbonyl (C=O) groups excluding carboxylic acids is 4. The number of thioether (sulfide) groups is 2. The first kappa shape index (κ1) is 34.0. The largest absolute Gasteiger partial charge is 0.509 e. The summed E-state index contributed by atoms with van der Waals surface area (Å²) in [6, 6.07) is 7.75. The van der Waals surface area contributed by atoms with E-state index in [1.165, 1.54) is 39.8 Å². The number of amides is 1. The van der Waals surface area contributed by atoms with Crippen molar-refractivity contribution in [3.8, 4) is 0 Å². The van der Waals surface area contributed by atoms with E-state index in [0.717, 1.165) is 20.5 Å². The minimum Gasteiger partial charge on any atom is -0.457 e. The molecule has 238 valence electrons. The third-order valence-corrected chi connectivity index (χ3v) is 10.3. The highest BCUT2D eigenvalue weighted by atomic mass is 35.5. The number of carbonyl (C=O) groups is 4. The van der Waals surface area contributed by atoms with Crippen LogP contribution in [0.15, 0.2) is 45.9 Å². The standard InChI is InChI=1S/C27H31N5O8S3.ClH/c1-13(28)24(34)39-18(16-7-5-4-6-8-16)9-29-20-22(33)32-21(25(35)37-10-19-14(2)38-27(36)40-19)17(11-41-23(20)32)12-42-26-31-30-15(3)43-26;/h4-8,13-14,18-20,23,29H,9-12,28H2,1-3H3;1H/t13-,14?,18?,19?,20?,23-;/m0./s1. The van der Waals surface area contributed by atoms with Crippen LogP contribution in [-0.2, 0) is 33.3 Å². The number of nitrogens with two attached hydrogens (primary N) is 1. The van der Waals surface area contributed by atoms with Crippen molar-refractivity contribution in [3.63, 3.8) is 0 Å². The topological polar surface area (TPSA) is 172 Å². The summed E-state index contributed by atoms with van der Waals surface area (Å²) in [5, 5.41) is 11.8. The van der Waals surface area contributed by atoms with Gasteiger partial charge in [-0.3, -0.25) is 19.8 Å². The molecule has 0 saturated carbocycles. The van der Waals surface area contributed by atoms with Crippen LogP contribution in [0.1, 0.15) is 30.5 Å². The van der Waals surface area contributed by atoms with Crippen molar-refractivity contribution < 1.29 is 38.1 Å². The van der Waals surface area contributed by atoms with E-state index in [-0.39, 0.29) is 42.5 Å². The summed E-state index contributed by atoms with van der Waals surface area (Å²) in [7, 11) is 0. The first-order valence-electron chi connectivity index (χ1n) is 13.5. The van der Waals surface area contributed by atoms with Gasteiger partial charge in [-0.2, -0.15) is 0 Å². The van der Waals surface area contributed by atoms with Gasteiger partial charge in [-0.1, -0.05) is 53.4 Å². The molecule has 0 aliphatic carbocycles. The molecule has 5 rings (SSSR count). The van der Waals surface area contributed by atoms with Crippen LogP contribution in [0.2, 0.25) is 0 Å². The number of aryl methyl sites for hydroxylation is 1. The number of fused-ring (bicyclic) bond motifs is 1. The first-order chi connectivity index (χ1) is 20.6. The summed E-state index contributed by atoms with van der Waals surface area (Å²) in [6.45, 7) is 5.00. The Kier molecular flexibility index (Phi) is 11.5. The van der Waals surface area contributed by atoms with Gasteiger partial charge in [-0.15, -0.1) is 34.4 Å². The zero-order chi connectivity index (χ0) is 30.7. The average Bonchev–Trinajstić information content (AvgIpc) is 3.56. The molecule has 6 atom stereocenters. The van der Waals surface area contributed by atoms with Crippen LogP contribution in [-0.4, -0.2) is 93.4 Å². The van der Waals surface area contributed by atoms with Crippen LogP contribution in [0.3, 0.4) is 0 Å². The molecule has 3 N–H and O–H groups in total. The number of hydrogen-bond acceptors (Lipinski definition) is 15. The summed E-state index contributed by atoms with van der Waals surface area (Å²) in [6.07, 6.45) is -2.81. The molecule has 0 bridgehead atoms. The molecular weight excluding hydrogens is 654 g/mol. The molecule has 13 nitrogen and oxygen atoms in total. The first-order valence-corrected chi connectivity index (χ1v) is 16.4. The average molecular weight is 686 g/mol. The van der Waals surface area contributed by atoms with Crippen LogP contribution in [0.5, 0.6) is 0 Å². The number of cyclic esters (lactones) is 2. The Morgan fingerprint density at radius 2 is 1.98 bits per heavy atom. The fraction of sp³-hybridized carbons (Fsp3) is 0.481. The number of ether oxygens (including phenoxy) is 4. The Balaban J connectivity index is 0.00000442. The van der Waals surface area contributed by atoms with Crippen LogP contribution in [0.25, 0.3) is 0 Å². The van der Waals surface area contributed by atoms with Gasteiger partial charge in [0.2, 0.25) is 5.91 Å². The summed E-state index contributed by atoms with van der Waals surface area (Å²) in [4.78, 5) is 52.2. The molecule has 4 unspecified atom stereocenters. The van der Waals surface area contributed by atoms with Gasteiger partial charge >= 0.3 is 18.1 Å². The van der Waals surface area contributed by atoms with E-state index in [4.69, 9.17) is 24.7 Å². The number of esters is 2. The van der Waals surface area contributed by atoms with Gasteiger partial charge < -0.3 is 24.7 Å². The van der Waals surface area contributed by atoms with Crippen LogP contribution in [0.4, 0.5) is 4.79 Å². The predicted molar refractivity (Wildman–Crippen MR) is 165 cm³/mol. The highest BCUT2D eigenvalue weighted by molar-refractivity contribution is 8.01. The quantitative estimate of drug-likeness (QED) is 0.144. The SMILES string of the molecule is Cc1nnc(SCC2=C(C(=O)OCC3OC(=O)OC3C)N3C(=O)C(NCC(OC(=O)[C@H](C)N)c4ccccc4)[C@@H]3SC2)s1.Cl. The lowest BCUT2D eigenvalue weighted by Crippen LogP contribution is -2.70. The Labute approximate surface area is 272 Å². The van der Waals surface area contributed by atoms with Crippen LogP contribution in [0, 0.1) is 6.92 Å². The zero-order valence-corrected chi connectivity index (χ0v) is 27.3. The molecule has 1 aromatic carbocycles. The summed E-state index contributed by atoms with van der Waals surface area (Å²) < 4.78 is 22.0. The maximum atomic E-state index is 13.5. The van der Waals surface area contributed by atoms with Crippen LogP contribution < -0.4 is 11.1 Å². The number of hydrogen-bond donors (Lipinski definition) is 2. The second-order valence-electron chi connectivity index (χ2n) is 10.1. The molecule has 0 radical (unpaired) electrons. The fourth-order valence-electron chi connectivity index (χ4n) is 4.57. The van der Waals surface area contributed by atoms with Crippen molar-refractivity contribution in [1.82, 2.24) is 20.4 Å². The molecular formula is C27H32ClN5O8S3. The molecule has 2 fully saturated rings. The van der Waals surface area contributed by atoms with Crippen molar-refractivity contribution in [2.75, 3.05) is 24.7 Å². The highest BCUT2D eigenvalue weighted by Crippen LogP contribution is 2.42. The van der Waals surface area contributed by atoms with Gasteiger partial charge in [0.05, 0.1) is 0 Å². The molecule has 3 aliphatic rings. The molecule has 3 aliphatic heterocycles. The molecule has 4 heterocycles. The molecule has 0 spiro atoms. The minimum atomic E-state index is -0.821. The fourth-order valence-corrected chi connectivity index (χ4v) is 7.90. The smallest absolute Gasteiger partial charge is 0.457 e. The predicted octanol–water partition coefficient (Wildman–Crippen LogP) is 2.59. The monoisotopic (exact) mass is 685 g/mol. The summed E-state index contributed by atoms with van der Waals surface area (Å²) >= 11 is 4.39. The highest BCUT2D eigenvalue weighted by Gasteiger charge is 2.54. The van der Waals surface area contributed by atoms with Crippen molar-refractivity contribution in [2.45, 2.75) is 60.9 Å². The number of aromatic nitrogens is 2. The normalized spacial score (nSPS) is 23.9. The molecule has 2 saturated heterocycles. The molecule has 2 aromatic rings. The zero-order valence-electron chi connectivity index (χ0n) is 24.0. The number of nitrogens with zero attached hydrogens (tertiary/aromatic N) is 3. The number of β-lactam (4-membered cyclic amide) rings is 1. The van der Waals surface area contributed by atoms with Crippen molar-refractivity contribution >= 4 is 71.3 Å². The van der Waals surface area contributed by atoms with Crippen molar-refractivity contribution in [2.24, 2.45) is 5.73 Å². The van der Waals surface area contributed by atoms with E-state index in [2.05, 4.69) is 15.5 Å². The van der Waals surface area contributed by atoms with E-state index < -0.39 is 48.5 Å². The molecule has 1 aromatic heterocycles. The molecule has 1 amide bonds.